The van der Waals surface area contributed by atoms with Crippen molar-refractivity contribution in [1.29, 1.82) is 0 Å². The van der Waals surface area contributed by atoms with Crippen LogP contribution in [0.4, 0.5) is 0 Å². The lowest BCUT2D eigenvalue weighted by atomic mass is 9.79. The van der Waals surface area contributed by atoms with Gasteiger partial charge in [-0.05, 0) is 23.0 Å². The molecule has 1 aliphatic rings. The number of hydrogen-bond acceptors (Lipinski definition) is 3. The van der Waals surface area contributed by atoms with Crippen molar-refractivity contribution in [3.05, 3.63) is 23.3 Å². The summed E-state index contributed by atoms with van der Waals surface area (Å²) in [6, 6.07) is 4.27. The van der Waals surface area contributed by atoms with E-state index in [1.54, 1.807) is 0 Å². The number of thioether (sulfide) groups is 1. The molecule has 1 aliphatic heterocycles. The van der Waals surface area contributed by atoms with E-state index in [1.807, 2.05) is 11.8 Å². The van der Waals surface area contributed by atoms with Crippen LogP contribution in [0.2, 0.25) is 0 Å². The molecule has 0 amide bonds. The molecule has 1 fully saturated rings. The summed E-state index contributed by atoms with van der Waals surface area (Å²) in [7, 11) is 0. The number of aromatic hydroxyl groups is 1. The lowest BCUT2D eigenvalue weighted by molar-refractivity contribution is 0.422. The van der Waals surface area contributed by atoms with Gasteiger partial charge in [0, 0.05) is 21.8 Å². The van der Waals surface area contributed by atoms with E-state index in [1.165, 1.54) is 4.90 Å². The Hall–Kier alpha value is -0.670. The highest BCUT2D eigenvalue weighted by atomic mass is 32.2. The molecule has 112 valence electrons. The highest BCUT2D eigenvalue weighted by Gasteiger charge is 2.27. The molecule has 0 aromatic heterocycles. The van der Waals surface area contributed by atoms with Crippen molar-refractivity contribution in [3.63, 3.8) is 0 Å². The van der Waals surface area contributed by atoms with E-state index >= 15 is 0 Å². The first-order valence-corrected chi connectivity index (χ1v) is 8.20. The zero-order chi connectivity index (χ0) is 15.1. The van der Waals surface area contributed by atoms with Gasteiger partial charge in [0.1, 0.15) is 5.75 Å². The summed E-state index contributed by atoms with van der Waals surface area (Å²) in [5.41, 5.74) is 1.95. The molecular formula is C17H26O2S. The SMILES string of the molecule is CC(C)(C)c1cc(SCC2CO2)cc(C(C)(C)C)c1O. The first-order chi connectivity index (χ1) is 9.09. The molecule has 1 unspecified atom stereocenters. The number of phenols is 1. The van der Waals surface area contributed by atoms with Gasteiger partial charge >= 0.3 is 0 Å². The molecule has 3 heteroatoms. The van der Waals surface area contributed by atoms with Gasteiger partial charge in [-0.25, -0.2) is 0 Å². The van der Waals surface area contributed by atoms with Crippen molar-refractivity contribution in [3.8, 4) is 5.75 Å². The van der Waals surface area contributed by atoms with Crippen molar-refractivity contribution in [2.75, 3.05) is 12.4 Å². The van der Waals surface area contributed by atoms with Crippen molar-refractivity contribution in [2.24, 2.45) is 0 Å². The van der Waals surface area contributed by atoms with Crippen LogP contribution >= 0.6 is 11.8 Å². The van der Waals surface area contributed by atoms with Gasteiger partial charge < -0.3 is 9.84 Å². The molecule has 2 nitrogen and oxygen atoms in total. The number of hydrogen-bond donors (Lipinski definition) is 1. The zero-order valence-electron chi connectivity index (χ0n) is 13.4. The molecule has 1 aromatic carbocycles. The number of phenolic OH excluding ortho intramolecular Hbond substituents is 1. The highest BCUT2D eigenvalue weighted by molar-refractivity contribution is 7.99. The third-order valence-corrected chi connectivity index (χ3v) is 4.65. The summed E-state index contributed by atoms with van der Waals surface area (Å²) >= 11 is 1.82. The summed E-state index contributed by atoms with van der Waals surface area (Å²) in [5, 5.41) is 10.6. The molecule has 2 rings (SSSR count). The molecule has 1 saturated heterocycles. The van der Waals surface area contributed by atoms with E-state index in [2.05, 4.69) is 53.7 Å². The van der Waals surface area contributed by atoms with Crippen LogP contribution in [0.25, 0.3) is 0 Å². The fourth-order valence-corrected chi connectivity index (χ4v) is 3.16. The second-order valence-electron chi connectivity index (χ2n) is 7.63. The Bertz CT molecular complexity index is 456. The highest BCUT2D eigenvalue weighted by Crippen LogP contribution is 2.42. The van der Waals surface area contributed by atoms with Gasteiger partial charge in [-0.3, -0.25) is 0 Å². The number of benzene rings is 1. The van der Waals surface area contributed by atoms with Gasteiger partial charge in [0.15, 0.2) is 0 Å². The third-order valence-electron chi connectivity index (χ3n) is 3.54. The molecule has 20 heavy (non-hydrogen) atoms. The second kappa shape index (κ2) is 5.27. The number of epoxide rings is 1. The van der Waals surface area contributed by atoms with E-state index in [-0.39, 0.29) is 10.8 Å². The van der Waals surface area contributed by atoms with Crippen molar-refractivity contribution < 1.29 is 9.84 Å². The van der Waals surface area contributed by atoms with Gasteiger partial charge in [-0.15, -0.1) is 11.8 Å². The first-order valence-electron chi connectivity index (χ1n) is 7.21. The Labute approximate surface area is 126 Å². The smallest absolute Gasteiger partial charge is 0.123 e. The van der Waals surface area contributed by atoms with E-state index in [9.17, 15) is 5.11 Å². The van der Waals surface area contributed by atoms with Crippen LogP contribution in [-0.2, 0) is 15.6 Å². The predicted molar refractivity (Wildman–Crippen MR) is 86.0 cm³/mol. The minimum absolute atomic E-state index is 0.0588. The summed E-state index contributed by atoms with van der Waals surface area (Å²) in [5.74, 6) is 1.45. The Kier molecular flexibility index (Phi) is 4.14. The van der Waals surface area contributed by atoms with Crippen molar-refractivity contribution >= 4 is 11.8 Å². The fraction of sp³-hybridized carbons (Fsp3) is 0.647. The van der Waals surface area contributed by atoms with Gasteiger partial charge in [-0.1, -0.05) is 41.5 Å². The minimum atomic E-state index is -0.0588. The number of rotatable bonds is 3. The van der Waals surface area contributed by atoms with Crippen LogP contribution in [0.5, 0.6) is 5.75 Å². The maximum absolute atomic E-state index is 10.6. The first kappa shape index (κ1) is 15.7. The topological polar surface area (TPSA) is 32.8 Å². The molecular weight excluding hydrogens is 268 g/mol. The average molecular weight is 294 g/mol. The van der Waals surface area contributed by atoms with Crippen LogP contribution < -0.4 is 0 Å². The van der Waals surface area contributed by atoms with Gasteiger partial charge in [-0.2, -0.15) is 0 Å². The maximum Gasteiger partial charge on any atom is 0.123 e. The lowest BCUT2D eigenvalue weighted by Crippen LogP contribution is -2.17. The van der Waals surface area contributed by atoms with Crippen LogP contribution in [0.15, 0.2) is 17.0 Å². The van der Waals surface area contributed by atoms with Crippen LogP contribution in [-0.4, -0.2) is 23.6 Å². The van der Waals surface area contributed by atoms with E-state index < -0.39 is 0 Å². The van der Waals surface area contributed by atoms with Crippen molar-refractivity contribution in [1.82, 2.24) is 0 Å². The standard InChI is InChI=1S/C17H26O2S/c1-16(2,3)13-7-12(20-10-11-9-19-11)8-14(15(13)18)17(4,5)6/h7-8,11,18H,9-10H2,1-6H3. The Morgan fingerprint density at radius 2 is 1.55 bits per heavy atom. The Morgan fingerprint density at radius 3 is 1.90 bits per heavy atom. The van der Waals surface area contributed by atoms with E-state index in [4.69, 9.17) is 4.74 Å². The zero-order valence-corrected chi connectivity index (χ0v) is 14.2. The van der Waals surface area contributed by atoms with E-state index in [0.717, 1.165) is 23.5 Å². The molecule has 0 bridgehead atoms. The molecule has 1 heterocycles. The van der Waals surface area contributed by atoms with Crippen LogP contribution in [0, 0.1) is 0 Å². The third kappa shape index (κ3) is 3.70. The lowest BCUT2D eigenvalue weighted by Gasteiger charge is -2.28. The molecule has 1 N–H and O–H groups in total. The predicted octanol–water partition coefficient (Wildman–Crippen LogP) is 4.48. The summed E-state index contributed by atoms with van der Waals surface area (Å²) < 4.78 is 5.28. The van der Waals surface area contributed by atoms with Gasteiger partial charge in [0.05, 0.1) is 12.7 Å². The van der Waals surface area contributed by atoms with Gasteiger partial charge in [0.25, 0.3) is 0 Å². The molecule has 1 atom stereocenters. The van der Waals surface area contributed by atoms with E-state index in [0.29, 0.717) is 11.9 Å². The molecule has 0 saturated carbocycles. The monoisotopic (exact) mass is 294 g/mol. The average Bonchev–Trinajstić information content (AvgIpc) is 3.08. The van der Waals surface area contributed by atoms with Crippen molar-refractivity contribution in [2.45, 2.75) is 63.4 Å². The van der Waals surface area contributed by atoms with Gasteiger partial charge in [0.2, 0.25) is 0 Å². The number of ether oxygens (including phenoxy) is 1. The normalized spacial score (nSPS) is 19.2. The summed E-state index contributed by atoms with van der Waals surface area (Å²) in [4.78, 5) is 1.23. The molecule has 0 aliphatic carbocycles. The molecule has 0 radical (unpaired) electrons. The summed E-state index contributed by atoms with van der Waals surface area (Å²) in [6.07, 6.45) is 0.421. The Morgan fingerprint density at radius 1 is 1.10 bits per heavy atom. The van der Waals surface area contributed by atoms with Crippen LogP contribution in [0.3, 0.4) is 0 Å². The quantitative estimate of drug-likeness (QED) is 0.659. The largest absolute Gasteiger partial charge is 0.507 e. The maximum atomic E-state index is 10.6. The fourth-order valence-electron chi connectivity index (χ4n) is 2.19. The summed E-state index contributed by atoms with van der Waals surface area (Å²) in [6.45, 7) is 13.8. The molecule has 0 spiro atoms. The Balaban J connectivity index is 2.41. The minimum Gasteiger partial charge on any atom is -0.507 e. The molecule has 1 aromatic rings. The second-order valence-corrected chi connectivity index (χ2v) is 8.73. The van der Waals surface area contributed by atoms with Crippen LogP contribution in [0.1, 0.15) is 52.7 Å².